The summed E-state index contributed by atoms with van der Waals surface area (Å²) < 4.78 is 0. The standard InChI is InChI=1S/C20H34O/c1-14-11-20-10-7-16-18(2,13-21)8-4-9-19(16,3)17(20)6-5-15(14)12-20/h14-17,21H,4-13H2,1-3H3. The van der Waals surface area contributed by atoms with Crippen LogP contribution in [0.1, 0.15) is 78.6 Å². The summed E-state index contributed by atoms with van der Waals surface area (Å²) in [6, 6.07) is 0. The van der Waals surface area contributed by atoms with E-state index >= 15 is 0 Å². The molecule has 4 fully saturated rings. The number of aliphatic hydroxyl groups is 1. The van der Waals surface area contributed by atoms with Crippen LogP contribution >= 0.6 is 0 Å². The van der Waals surface area contributed by atoms with Gasteiger partial charge in [0, 0.05) is 6.61 Å². The Morgan fingerprint density at radius 1 is 0.952 bits per heavy atom. The molecule has 1 N–H and O–H groups in total. The number of rotatable bonds is 1. The Morgan fingerprint density at radius 2 is 1.76 bits per heavy atom. The fourth-order valence-electron chi connectivity index (χ4n) is 8.11. The van der Waals surface area contributed by atoms with Crippen molar-refractivity contribution in [2.45, 2.75) is 78.6 Å². The summed E-state index contributed by atoms with van der Waals surface area (Å²) in [4.78, 5) is 0. The molecule has 0 aromatic heterocycles. The molecule has 4 aliphatic rings. The molecule has 4 rings (SSSR count). The van der Waals surface area contributed by atoms with Gasteiger partial charge < -0.3 is 5.11 Å². The van der Waals surface area contributed by atoms with Gasteiger partial charge in [0.05, 0.1) is 0 Å². The molecule has 21 heavy (non-hydrogen) atoms. The van der Waals surface area contributed by atoms with E-state index in [0.29, 0.717) is 17.4 Å². The highest BCUT2D eigenvalue weighted by atomic mass is 16.3. The van der Waals surface area contributed by atoms with Crippen molar-refractivity contribution in [3.05, 3.63) is 0 Å². The molecule has 0 aromatic carbocycles. The summed E-state index contributed by atoms with van der Waals surface area (Å²) in [7, 11) is 0. The summed E-state index contributed by atoms with van der Waals surface area (Å²) in [5.41, 5.74) is 1.42. The Hall–Kier alpha value is -0.0400. The highest BCUT2D eigenvalue weighted by molar-refractivity contribution is 5.13. The zero-order valence-corrected chi connectivity index (χ0v) is 14.3. The molecule has 1 heteroatoms. The zero-order valence-electron chi connectivity index (χ0n) is 14.3. The van der Waals surface area contributed by atoms with E-state index in [1.807, 2.05) is 0 Å². The predicted octanol–water partition coefficient (Wildman–Crippen LogP) is 5.03. The van der Waals surface area contributed by atoms with Crippen molar-refractivity contribution in [3.8, 4) is 0 Å². The predicted molar refractivity (Wildman–Crippen MR) is 86.9 cm³/mol. The fourth-order valence-corrected chi connectivity index (χ4v) is 8.11. The minimum atomic E-state index is 0.204. The maximum Gasteiger partial charge on any atom is 0.0487 e. The average Bonchev–Trinajstić information content (AvgIpc) is 2.68. The van der Waals surface area contributed by atoms with Gasteiger partial charge >= 0.3 is 0 Å². The highest BCUT2D eigenvalue weighted by Crippen LogP contribution is 2.72. The first-order valence-corrected chi connectivity index (χ1v) is 9.54. The lowest BCUT2D eigenvalue weighted by atomic mass is 9.41. The quantitative estimate of drug-likeness (QED) is 0.718. The second-order valence-electron chi connectivity index (χ2n) is 9.90. The third-order valence-corrected chi connectivity index (χ3v) is 8.96. The van der Waals surface area contributed by atoms with Gasteiger partial charge in [0.25, 0.3) is 0 Å². The van der Waals surface area contributed by atoms with Crippen LogP contribution in [0.2, 0.25) is 0 Å². The maximum absolute atomic E-state index is 10.1. The lowest BCUT2D eigenvalue weighted by Gasteiger charge is -2.64. The van der Waals surface area contributed by atoms with E-state index in [4.69, 9.17) is 0 Å². The number of hydrogen-bond acceptors (Lipinski definition) is 1. The fraction of sp³-hybridized carbons (Fsp3) is 1.00. The molecule has 0 radical (unpaired) electrons. The molecule has 0 saturated heterocycles. The molecule has 1 spiro atoms. The Kier molecular flexibility index (Phi) is 3.11. The lowest BCUT2D eigenvalue weighted by molar-refractivity contribution is -0.159. The van der Waals surface area contributed by atoms with Gasteiger partial charge in [-0.15, -0.1) is 0 Å². The van der Waals surface area contributed by atoms with Crippen LogP contribution in [0.4, 0.5) is 0 Å². The second kappa shape index (κ2) is 4.49. The molecule has 4 aliphatic carbocycles. The van der Waals surface area contributed by atoms with E-state index < -0.39 is 0 Å². The monoisotopic (exact) mass is 290 g/mol. The first-order valence-electron chi connectivity index (χ1n) is 9.54. The summed E-state index contributed by atoms with van der Waals surface area (Å²) in [6.07, 6.45) is 12.9. The smallest absolute Gasteiger partial charge is 0.0487 e. The van der Waals surface area contributed by atoms with E-state index in [0.717, 1.165) is 23.7 Å². The van der Waals surface area contributed by atoms with Crippen molar-refractivity contribution >= 4 is 0 Å². The van der Waals surface area contributed by atoms with Gasteiger partial charge in [0.15, 0.2) is 0 Å². The number of aliphatic hydroxyl groups excluding tert-OH is 1. The van der Waals surface area contributed by atoms with Crippen LogP contribution in [0.3, 0.4) is 0 Å². The van der Waals surface area contributed by atoms with Crippen molar-refractivity contribution in [3.63, 3.8) is 0 Å². The van der Waals surface area contributed by atoms with Crippen molar-refractivity contribution < 1.29 is 5.11 Å². The van der Waals surface area contributed by atoms with Crippen LogP contribution in [0.15, 0.2) is 0 Å². The molecular weight excluding hydrogens is 256 g/mol. The molecule has 0 heterocycles. The van der Waals surface area contributed by atoms with Gasteiger partial charge in [-0.1, -0.05) is 27.2 Å². The summed E-state index contributed by atoms with van der Waals surface area (Å²) in [5, 5.41) is 10.1. The van der Waals surface area contributed by atoms with Crippen LogP contribution in [-0.4, -0.2) is 11.7 Å². The number of fused-ring (bicyclic) bond motifs is 3. The van der Waals surface area contributed by atoms with Crippen molar-refractivity contribution in [1.29, 1.82) is 0 Å². The van der Waals surface area contributed by atoms with Crippen LogP contribution in [0, 0.1) is 39.9 Å². The molecule has 120 valence electrons. The highest BCUT2D eigenvalue weighted by Gasteiger charge is 2.63. The largest absolute Gasteiger partial charge is 0.396 e. The minimum Gasteiger partial charge on any atom is -0.396 e. The first kappa shape index (κ1) is 14.5. The third kappa shape index (κ3) is 1.79. The SMILES string of the molecule is CC1CC23CCC4C(C)(CO)CCCC4(C)C2CCC1C3. The average molecular weight is 290 g/mol. The molecule has 7 atom stereocenters. The Balaban J connectivity index is 1.71. The van der Waals surface area contributed by atoms with E-state index in [1.54, 1.807) is 0 Å². The third-order valence-electron chi connectivity index (χ3n) is 8.96. The molecule has 7 unspecified atom stereocenters. The molecule has 4 saturated carbocycles. The minimum absolute atomic E-state index is 0.204. The van der Waals surface area contributed by atoms with Crippen molar-refractivity contribution in [1.82, 2.24) is 0 Å². The molecule has 0 amide bonds. The van der Waals surface area contributed by atoms with Gasteiger partial charge in [-0.3, -0.25) is 0 Å². The Bertz CT molecular complexity index is 428. The topological polar surface area (TPSA) is 20.2 Å². The molecule has 0 aliphatic heterocycles. The number of hydrogen-bond donors (Lipinski definition) is 1. The summed E-state index contributed by atoms with van der Waals surface area (Å²) in [5.74, 6) is 3.74. The summed E-state index contributed by atoms with van der Waals surface area (Å²) in [6.45, 7) is 7.94. The molecule has 2 bridgehead atoms. The van der Waals surface area contributed by atoms with Gasteiger partial charge in [0.1, 0.15) is 0 Å². The zero-order chi connectivity index (χ0) is 14.9. The Labute approximate surface area is 130 Å². The normalized spacial score (nSPS) is 59.4. The van der Waals surface area contributed by atoms with E-state index in [1.165, 1.54) is 57.8 Å². The van der Waals surface area contributed by atoms with E-state index in [2.05, 4.69) is 20.8 Å². The second-order valence-corrected chi connectivity index (χ2v) is 9.90. The first-order chi connectivity index (χ1) is 9.94. The van der Waals surface area contributed by atoms with Crippen LogP contribution in [-0.2, 0) is 0 Å². The molecular formula is C20H34O. The maximum atomic E-state index is 10.1. The van der Waals surface area contributed by atoms with Crippen LogP contribution in [0.5, 0.6) is 0 Å². The molecule has 0 aromatic rings. The van der Waals surface area contributed by atoms with Gasteiger partial charge in [0.2, 0.25) is 0 Å². The van der Waals surface area contributed by atoms with Crippen LogP contribution in [0.25, 0.3) is 0 Å². The molecule has 1 nitrogen and oxygen atoms in total. The van der Waals surface area contributed by atoms with Crippen molar-refractivity contribution in [2.24, 2.45) is 39.9 Å². The van der Waals surface area contributed by atoms with E-state index in [9.17, 15) is 5.11 Å². The summed E-state index contributed by atoms with van der Waals surface area (Å²) >= 11 is 0. The Morgan fingerprint density at radius 3 is 2.52 bits per heavy atom. The van der Waals surface area contributed by atoms with E-state index in [-0.39, 0.29) is 5.41 Å². The van der Waals surface area contributed by atoms with Crippen molar-refractivity contribution in [2.75, 3.05) is 6.61 Å². The van der Waals surface area contributed by atoms with Crippen LogP contribution < -0.4 is 0 Å². The lowest BCUT2D eigenvalue weighted by Crippen LogP contribution is -2.57. The van der Waals surface area contributed by atoms with Gasteiger partial charge in [-0.05, 0) is 91.3 Å². The van der Waals surface area contributed by atoms with Gasteiger partial charge in [-0.2, -0.15) is 0 Å². The van der Waals surface area contributed by atoms with Gasteiger partial charge in [-0.25, -0.2) is 0 Å².